The molecule has 0 spiro atoms. The second-order valence-electron chi connectivity index (χ2n) is 3.35. The van der Waals surface area contributed by atoms with Crippen LogP contribution < -0.4 is 5.73 Å². The predicted molar refractivity (Wildman–Crippen MR) is 48.6 cm³/mol. The molecular weight excluding hydrogens is 166 g/mol. The molecule has 0 aromatic carbocycles. The molecule has 4 heteroatoms. The van der Waals surface area contributed by atoms with E-state index in [0.717, 1.165) is 25.8 Å². The Labute approximate surface area is 78.3 Å². The number of hydrogen-bond acceptors (Lipinski definition) is 3. The lowest BCUT2D eigenvalue weighted by atomic mass is 10.1. The summed E-state index contributed by atoms with van der Waals surface area (Å²) in [4.78, 5) is 12.9. The van der Waals surface area contributed by atoms with Gasteiger partial charge in [0.05, 0.1) is 18.2 Å². The van der Waals surface area contributed by atoms with Crippen molar-refractivity contribution < 1.29 is 4.79 Å². The van der Waals surface area contributed by atoms with Crippen molar-refractivity contribution in [3.63, 3.8) is 0 Å². The molecule has 1 heterocycles. The standard InChI is InChI=1S/C9H15N3O/c1-2-7(6-10)12-5-3-4-8(12)9(11)13/h7-8H,2-5H2,1H3,(H2,11,13). The van der Waals surface area contributed by atoms with Gasteiger partial charge in [0.15, 0.2) is 0 Å². The van der Waals surface area contributed by atoms with Crippen LogP contribution in [0.4, 0.5) is 0 Å². The smallest absolute Gasteiger partial charge is 0.234 e. The van der Waals surface area contributed by atoms with Crippen LogP contribution in [0.25, 0.3) is 0 Å². The van der Waals surface area contributed by atoms with Crippen molar-refractivity contribution in [2.45, 2.75) is 38.3 Å². The minimum absolute atomic E-state index is 0.153. The summed E-state index contributed by atoms with van der Waals surface area (Å²) in [6.07, 6.45) is 2.51. The van der Waals surface area contributed by atoms with Gasteiger partial charge in [0.2, 0.25) is 5.91 Å². The van der Waals surface area contributed by atoms with Gasteiger partial charge in [-0.25, -0.2) is 0 Å². The van der Waals surface area contributed by atoms with Crippen molar-refractivity contribution in [1.82, 2.24) is 4.90 Å². The summed E-state index contributed by atoms with van der Waals surface area (Å²) in [5, 5.41) is 8.84. The molecular formula is C9H15N3O. The zero-order valence-electron chi connectivity index (χ0n) is 7.86. The first-order valence-corrected chi connectivity index (χ1v) is 4.65. The number of amides is 1. The van der Waals surface area contributed by atoms with Crippen LogP contribution in [0.15, 0.2) is 0 Å². The summed E-state index contributed by atoms with van der Waals surface area (Å²) < 4.78 is 0. The molecule has 4 nitrogen and oxygen atoms in total. The molecule has 0 saturated carbocycles. The zero-order valence-corrected chi connectivity index (χ0v) is 7.86. The SMILES string of the molecule is CCC(C#N)N1CCCC1C(N)=O. The first kappa shape index (κ1) is 10.0. The van der Waals surface area contributed by atoms with Crippen LogP contribution in [-0.4, -0.2) is 29.4 Å². The lowest BCUT2D eigenvalue weighted by Crippen LogP contribution is -2.45. The van der Waals surface area contributed by atoms with E-state index in [1.807, 2.05) is 11.8 Å². The zero-order chi connectivity index (χ0) is 9.84. The van der Waals surface area contributed by atoms with E-state index in [0.29, 0.717) is 0 Å². The Morgan fingerprint density at radius 1 is 1.85 bits per heavy atom. The number of likely N-dealkylation sites (tertiary alicyclic amines) is 1. The Kier molecular flexibility index (Phi) is 3.26. The Bertz CT molecular complexity index is 234. The van der Waals surface area contributed by atoms with Crippen molar-refractivity contribution in [3.05, 3.63) is 0 Å². The molecule has 72 valence electrons. The quantitative estimate of drug-likeness (QED) is 0.678. The summed E-state index contributed by atoms with van der Waals surface area (Å²) in [6.45, 7) is 2.77. The molecule has 1 aliphatic rings. The Hall–Kier alpha value is -1.08. The maximum atomic E-state index is 11.0. The number of primary amides is 1. The topological polar surface area (TPSA) is 70.1 Å². The van der Waals surface area contributed by atoms with E-state index in [1.54, 1.807) is 0 Å². The van der Waals surface area contributed by atoms with E-state index in [9.17, 15) is 4.79 Å². The fourth-order valence-electron chi connectivity index (χ4n) is 1.87. The number of nitrogens with two attached hydrogens (primary N) is 1. The van der Waals surface area contributed by atoms with E-state index in [4.69, 9.17) is 11.0 Å². The van der Waals surface area contributed by atoms with E-state index in [1.165, 1.54) is 0 Å². The lowest BCUT2D eigenvalue weighted by Gasteiger charge is -2.25. The molecule has 0 bridgehead atoms. The number of nitrogens with zero attached hydrogens (tertiary/aromatic N) is 2. The van der Waals surface area contributed by atoms with Crippen molar-refractivity contribution in [2.75, 3.05) is 6.54 Å². The molecule has 13 heavy (non-hydrogen) atoms. The van der Waals surface area contributed by atoms with Crippen LogP contribution in [0.3, 0.4) is 0 Å². The molecule has 1 saturated heterocycles. The number of carbonyl (C=O) groups is 1. The number of nitriles is 1. The minimum atomic E-state index is -0.300. The highest BCUT2D eigenvalue weighted by atomic mass is 16.1. The molecule has 0 aromatic heterocycles. The minimum Gasteiger partial charge on any atom is -0.368 e. The third kappa shape index (κ3) is 1.99. The summed E-state index contributed by atoms with van der Waals surface area (Å²) >= 11 is 0. The number of hydrogen-bond donors (Lipinski definition) is 1. The van der Waals surface area contributed by atoms with E-state index in [-0.39, 0.29) is 18.0 Å². The van der Waals surface area contributed by atoms with Crippen LogP contribution in [0.5, 0.6) is 0 Å². The molecule has 1 fully saturated rings. The number of carbonyl (C=O) groups excluding carboxylic acids is 1. The molecule has 0 aromatic rings. The van der Waals surface area contributed by atoms with Gasteiger partial charge in [-0.05, 0) is 19.3 Å². The Morgan fingerprint density at radius 2 is 2.54 bits per heavy atom. The summed E-state index contributed by atoms with van der Waals surface area (Å²) in [7, 11) is 0. The summed E-state index contributed by atoms with van der Waals surface area (Å²) in [6, 6.07) is 1.83. The molecule has 2 atom stereocenters. The van der Waals surface area contributed by atoms with Gasteiger partial charge in [-0.1, -0.05) is 6.92 Å². The van der Waals surface area contributed by atoms with Gasteiger partial charge in [-0.3, -0.25) is 9.69 Å². The summed E-state index contributed by atoms with van der Waals surface area (Å²) in [5.74, 6) is -0.300. The van der Waals surface area contributed by atoms with Gasteiger partial charge in [-0.2, -0.15) is 5.26 Å². The highest BCUT2D eigenvalue weighted by molar-refractivity contribution is 5.80. The summed E-state index contributed by atoms with van der Waals surface area (Å²) in [5.41, 5.74) is 5.25. The molecule has 1 rings (SSSR count). The van der Waals surface area contributed by atoms with Gasteiger partial charge in [0.1, 0.15) is 0 Å². The highest BCUT2D eigenvalue weighted by Crippen LogP contribution is 2.20. The molecule has 2 N–H and O–H groups in total. The molecule has 0 radical (unpaired) electrons. The maximum Gasteiger partial charge on any atom is 0.234 e. The van der Waals surface area contributed by atoms with Gasteiger partial charge < -0.3 is 5.73 Å². The van der Waals surface area contributed by atoms with Crippen molar-refractivity contribution in [2.24, 2.45) is 5.73 Å². The second-order valence-corrected chi connectivity index (χ2v) is 3.35. The molecule has 1 amide bonds. The van der Waals surface area contributed by atoms with Crippen LogP contribution in [0.2, 0.25) is 0 Å². The van der Waals surface area contributed by atoms with Gasteiger partial charge in [0.25, 0.3) is 0 Å². The average molecular weight is 181 g/mol. The van der Waals surface area contributed by atoms with Crippen molar-refractivity contribution in [1.29, 1.82) is 5.26 Å². The predicted octanol–water partition coefficient (Wildman–Crippen LogP) is 0.238. The second kappa shape index (κ2) is 4.24. The van der Waals surface area contributed by atoms with Crippen LogP contribution in [0.1, 0.15) is 26.2 Å². The molecule has 2 unspecified atom stereocenters. The average Bonchev–Trinajstić information content (AvgIpc) is 2.55. The van der Waals surface area contributed by atoms with E-state index >= 15 is 0 Å². The first-order chi connectivity index (χ1) is 6.20. The van der Waals surface area contributed by atoms with Crippen LogP contribution in [-0.2, 0) is 4.79 Å². The molecule has 1 aliphatic heterocycles. The molecule has 0 aliphatic carbocycles. The van der Waals surface area contributed by atoms with Crippen LogP contribution in [0, 0.1) is 11.3 Å². The largest absolute Gasteiger partial charge is 0.368 e. The third-order valence-corrected chi connectivity index (χ3v) is 2.56. The van der Waals surface area contributed by atoms with Crippen molar-refractivity contribution >= 4 is 5.91 Å². The van der Waals surface area contributed by atoms with Crippen LogP contribution >= 0.6 is 0 Å². The highest BCUT2D eigenvalue weighted by Gasteiger charge is 2.33. The Balaban J connectivity index is 2.68. The lowest BCUT2D eigenvalue weighted by molar-refractivity contribution is -0.122. The van der Waals surface area contributed by atoms with Gasteiger partial charge in [0, 0.05) is 6.54 Å². The number of rotatable bonds is 3. The van der Waals surface area contributed by atoms with E-state index in [2.05, 4.69) is 6.07 Å². The Morgan fingerprint density at radius 3 is 3.00 bits per heavy atom. The maximum absolute atomic E-state index is 11.0. The van der Waals surface area contributed by atoms with Crippen molar-refractivity contribution in [3.8, 4) is 6.07 Å². The monoisotopic (exact) mass is 181 g/mol. The normalized spacial score (nSPS) is 25.4. The fourth-order valence-corrected chi connectivity index (χ4v) is 1.87. The first-order valence-electron chi connectivity index (χ1n) is 4.65. The van der Waals surface area contributed by atoms with Gasteiger partial charge >= 0.3 is 0 Å². The third-order valence-electron chi connectivity index (χ3n) is 2.56. The fraction of sp³-hybridized carbons (Fsp3) is 0.778. The van der Waals surface area contributed by atoms with Gasteiger partial charge in [-0.15, -0.1) is 0 Å². The van der Waals surface area contributed by atoms with E-state index < -0.39 is 0 Å².